The van der Waals surface area contributed by atoms with Crippen molar-refractivity contribution < 1.29 is 4.39 Å². The lowest BCUT2D eigenvalue weighted by atomic mass is 10.1. The Morgan fingerprint density at radius 2 is 1.86 bits per heavy atom. The van der Waals surface area contributed by atoms with E-state index in [4.69, 9.17) is 0 Å². The van der Waals surface area contributed by atoms with E-state index in [1.165, 1.54) is 11.6 Å². The van der Waals surface area contributed by atoms with Crippen molar-refractivity contribution in [1.29, 1.82) is 0 Å². The van der Waals surface area contributed by atoms with Crippen LogP contribution in [0.25, 0.3) is 11.4 Å². The van der Waals surface area contributed by atoms with E-state index in [0.29, 0.717) is 10.3 Å². The quantitative estimate of drug-likeness (QED) is 0.832. The van der Waals surface area contributed by atoms with Crippen LogP contribution in [0.5, 0.6) is 0 Å². The monoisotopic (exact) mass is 351 g/mol. The number of hydrogen-bond acceptors (Lipinski definition) is 3. The second-order valence-corrected chi connectivity index (χ2v) is 5.78. The molecule has 0 radical (unpaired) electrons. The first kappa shape index (κ1) is 16.0. The number of aryl methyl sites for hydroxylation is 2. The Morgan fingerprint density at radius 3 is 2.43 bits per heavy atom. The topological polar surface area (TPSA) is 37.8 Å². The van der Waals surface area contributed by atoms with E-state index in [1.807, 2.05) is 13.8 Å². The Morgan fingerprint density at radius 1 is 1.19 bits per heavy atom. The third kappa shape index (κ3) is 3.86. The first-order chi connectivity index (χ1) is 10.0. The molecule has 21 heavy (non-hydrogen) atoms. The molecule has 2 aromatic rings. The number of nitrogens with one attached hydrogen (secondary N) is 1. The van der Waals surface area contributed by atoms with Crippen LogP contribution in [0, 0.1) is 19.7 Å². The van der Waals surface area contributed by atoms with Crippen LogP contribution in [0.4, 0.5) is 4.39 Å². The molecule has 1 heterocycles. The molecule has 0 aliphatic carbocycles. The highest BCUT2D eigenvalue weighted by molar-refractivity contribution is 9.10. The maximum Gasteiger partial charge on any atom is 0.159 e. The lowest BCUT2D eigenvalue weighted by Crippen LogP contribution is -2.17. The minimum atomic E-state index is -0.283. The zero-order valence-electron chi connectivity index (χ0n) is 12.5. The van der Waals surface area contributed by atoms with Gasteiger partial charge in [-0.15, -0.1) is 0 Å². The maximum absolute atomic E-state index is 13.3. The summed E-state index contributed by atoms with van der Waals surface area (Å²) in [6.45, 7) is 7.96. The van der Waals surface area contributed by atoms with Crippen LogP contribution in [0.2, 0.25) is 0 Å². The lowest BCUT2D eigenvalue weighted by molar-refractivity contribution is 0.621. The first-order valence-corrected chi connectivity index (χ1v) is 7.82. The van der Waals surface area contributed by atoms with Gasteiger partial charge in [-0.2, -0.15) is 0 Å². The molecule has 0 saturated carbocycles. The molecular formula is C16H19BrFN3. The summed E-state index contributed by atoms with van der Waals surface area (Å²) >= 11 is 3.20. The Labute approximate surface area is 133 Å². The molecule has 1 aromatic heterocycles. The van der Waals surface area contributed by atoms with E-state index in [9.17, 15) is 4.39 Å². The van der Waals surface area contributed by atoms with Crippen molar-refractivity contribution in [2.45, 2.75) is 27.2 Å². The second kappa shape index (κ2) is 7.09. The number of nitrogens with zero attached hydrogens (tertiary/aromatic N) is 2. The molecule has 0 unspecified atom stereocenters. The normalized spacial score (nSPS) is 10.9. The summed E-state index contributed by atoms with van der Waals surface area (Å²) in [5.41, 5.74) is 3.96. The third-order valence-electron chi connectivity index (χ3n) is 3.40. The molecule has 0 fully saturated rings. The summed E-state index contributed by atoms with van der Waals surface area (Å²) in [6.07, 6.45) is 0.916. The molecule has 0 amide bonds. The number of rotatable bonds is 5. The van der Waals surface area contributed by atoms with Crippen molar-refractivity contribution in [2.75, 3.05) is 13.1 Å². The van der Waals surface area contributed by atoms with Crippen LogP contribution in [0.15, 0.2) is 22.7 Å². The van der Waals surface area contributed by atoms with E-state index in [-0.39, 0.29) is 5.82 Å². The van der Waals surface area contributed by atoms with Crippen molar-refractivity contribution in [3.8, 4) is 11.4 Å². The van der Waals surface area contributed by atoms with Gasteiger partial charge in [-0.05, 0) is 73.1 Å². The summed E-state index contributed by atoms with van der Waals surface area (Å²) in [4.78, 5) is 9.14. The van der Waals surface area contributed by atoms with Gasteiger partial charge < -0.3 is 5.32 Å². The van der Waals surface area contributed by atoms with Crippen molar-refractivity contribution in [2.24, 2.45) is 0 Å². The Kier molecular flexibility index (Phi) is 5.42. The van der Waals surface area contributed by atoms with Gasteiger partial charge in [0.2, 0.25) is 0 Å². The number of halogens is 2. The minimum absolute atomic E-state index is 0.283. The first-order valence-electron chi connectivity index (χ1n) is 7.03. The molecule has 0 spiro atoms. The van der Waals surface area contributed by atoms with Gasteiger partial charge in [0.25, 0.3) is 0 Å². The number of likely N-dealkylation sites (N-methyl/N-ethyl adjacent to an activating group) is 1. The van der Waals surface area contributed by atoms with E-state index in [2.05, 4.69) is 38.1 Å². The number of benzene rings is 1. The Bertz CT molecular complexity index is 620. The van der Waals surface area contributed by atoms with Crippen molar-refractivity contribution in [3.05, 3.63) is 45.4 Å². The van der Waals surface area contributed by atoms with E-state index in [0.717, 1.165) is 36.5 Å². The third-order valence-corrected chi connectivity index (χ3v) is 4.01. The predicted molar refractivity (Wildman–Crippen MR) is 86.8 cm³/mol. The van der Waals surface area contributed by atoms with Gasteiger partial charge in [0.15, 0.2) is 5.82 Å². The Hall–Kier alpha value is -1.33. The molecule has 1 N–H and O–H groups in total. The molecule has 112 valence electrons. The van der Waals surface area contributed by atoms with Gasteiger partial charge in [0.05, 0.1) is 4.47 Å². The molecule has 0 atom stereocenters. The molecule has 0 bridgehead atoms. The average Bonchev–Trinajstić information content (AvgIpc) is 2.44. The predicted octanol–water partition coefficient (Wildman–Crippen LogP) is 3.81. The second-order valence-electron chi connectivity index (χ2n) is 4.93. The molecule has 0 aliphatic rings. The molecule has 0 aliphatic heterocycles. The van der Waals surface area contributed by atoms with Gasteiger partial charge in [0, 0.05) is 17.0 Å². The molecule has 2 rings (SSSR count). The fourth-order valence-corrected chi connectivity index (χ4v) is 2.63. The summed E-state index contributed by atoms with van der Waals surface area (Å²) in [5.74, 6) is 0.354. The standard InChI is InChI=1S/C16H19BrFN3/c1-4-19-8-7-13-10(2)20-16(21-11(13)3)12-5-6-15(18)14(17)9-12/h5-6,9,19H,4,7-8H2,1-3H3. The molecule has 1 aromatic carbocycles. The zero-order valence-corrected chi connectivity index (χ0v) is 14.1. The molecule has 0 saturated heterocycles. The number of aromatic nitrogens is 2. The van der Waals surface area contributed by atoms with Crippen LogP contribution in [-0.4, -0.2) is 23.1 Å². The maximum atomic E-state index is 13.3. The van der Waals surface area contributed by atoms with Gasteiger partial charge in [0.1, 0.15) is 5.82 Å². The van der Waals surface area contributed by atoms with E-state index >= 15 is 0 Å². The summed E-state index contributed by atoms with van der Waals surface area (Å²) in [5, 5.41) is 3.31. The van der Waals surface area contributed by atoms with Crippen LogP contribution in [0.3, 0.4) is 0 Å². The van der Waals surface area contributed by atoms with Gasteiger partial charge in [-0.3, -0.25) is 0 Å². The van der Waals surface area contributed by atoms with Gasteiger partial charge in [-0.25, -0.2) is 14.4 Å². The Balaban J connectivity index is 2.32. The highest BCUT2D eigenvalue weighted by Gasteiger charge is 2.11. The highest BCUT2D eigenvalue weighted by atomic mass is 79.9. The van der Waals surface area contributed by atoms with Crippen molar-refractivity contribution in [3.63, 3.8) is 0 Å². The fourth-order valence-electron chi connectivity index (χ4n) is 2.26. The lowest BCUT2D eigenvalue weighted by Gasteiger charge is -2.11. The van der Waals surface area contributed by atoms with Crippen LogP contribution in [-0.2, 0) is 6.42 Å². The molecule has 5 heteroatoms. The summed E-state index contributed by atoms with van der Waals surface area (Å²) in [6, 6.07) is 4.83. The van der Waals surface area contributed by atoms with E-state index < -0.39 is 0 Å². The largest absolute Gasteiger partial charge is 0.317 e. The average molecular weight is 352 g/mol. The fraction of sp³-hybridized carbons (Fsp3) is 0.375. The van der Waals surface area contributed by atoms with Gasteiger partial charge in [-0.1, -0.05) is 6.92 Å². The minimum Gasteiger partial charge on any atom is -0.317 e. The SMILES string of the molecule is CCNCCc1c(C)nc(-c2ccc(F)c(Br)c2)nc1C. The zero-order chi connectivity index (χ0) is 15.4. The van der Waals surface area contributed by atoms with E-state index in [1.54, 1.807) is 12.1 Å². The molecular weight excluding hydrogens is 333 g/mol. The summed E-state index contributed by atoms with van der Waals surface area (Å²) < 4.78 is 13.7. The molecule has 3 nitrogen and oxygen atoms in total. The van der Waals surface area contributed by atoms with Crippen LogP contribution < -0.4 is 5.32 Å². The van der Waals surface area contributed by atoms with Crippen molar-refractivity contribution in [1.82, 2.24) is 15.3 Å². The smallest absolute Gasteiger partial charge is 0.159 e. The van der Waals surface area contributed by atoms with Crippen LogP contribution >= 0.6 is 15.9 Å². The summed E-state index contributed by atoms with van der Waals surface area (Å²) in [7, 11) is 0. The van der Waals surface area contributed by atoms with Crippen LogP contribution in [0.1, 0.15) is 23.9 Å². The van der Waals surface area contributed by atoms with Crippen molar-refractivity contribution >= 4 is 15.9 Å². The van der Waals surface area contributed by atoms with Gasteiger partial charge >= 0.3 is 0 Å². The number of hydrogen-bond donors (Lipinski definition) is 1. The highest BCUT2D eigenvalue weighted by Crippen LogP contribution is 2.24.